The van der Waals surface area contributed by atoms with Crippen LogP contribution in [-0.4, -0.2) is 42.1 Å². The second-order valence-corrected chi connectivity index (χ2v) is 3.96. The van der Waals surface area contributed by atoms with Crippen molar-refractivity contribution in [1.82, 2.24) is 4.90 Å². The Labute approximate surface area is 91.0 Å². The van der Waals surface area contributed by atoms with E-state index in [9.17, 15) is 0 Å². The van der Waals surface area contributed by atoms with Crippen molar-refractivity contribution in [3.05, 3.63) is 10.4 Å². The lowest BCUT2D eigenvalue weighted by Gasteiger charge is -2.11. The number of rotatable bonds is 5. The van der Waals surface area contributed by atoms with E-state index in [1.54, 1.807) is 0 Å². The Bertz CT molecular complexity index is 278. The SMILES string of the molecule is CCCCCCN1CC[N+](C)=C1N=[N+]=[N-]. The van der Waals surface area contributed by atoms with Gasteiger partial charge in [-0.05, 0) is 12.0 Å². The number of nitrogens with zero attached hydrogens (tertiary/aromatic N) is 5. The van der Waals surface area contributed by atoms with Crippen LogP contribution in [0.1, 0.15) is 32.6 Å². The van der Waals surface area contributed by atoms with Gasteiger partial charge in [0.2, 0.25) is 0 Å². The lowest BCUT2D eigenvalue weighted by atomic mass is 10.2. The minimum atomic E-state index is 0.786. The molecule has 0 fully saturated rings. The normalized spacial score (nSPS) is 15.7. The molecule has 0 aliphatic carbocycles. The van der Waals surface area contributed by atoms with Gasteiger partial charge < -0.3 is 0 Å². The quantitative estimate of drug-likeness (QED) is 0.225. The second kappa shape index (κ2) is 6.30. The van der Waals surface area contributed by atoms with E-state index in [-0.39, 0.29) is 0 Å². The van der Waals surface area contributed by atoms with E-state index in [0.29, 0.717) is 0 Å². The first-order valence-electron chi connectivity index (χ1n) is 5.67. The smallest absolute Gasteiger partial charge is 0.282 e. The third-order valence-electron chi connectivity index (χ3n) is 2.75. The van der Waals surface area contributed by atoms with E-state index in [2.05, 4.69) is 21.8 Å². The van der Waals surface area contributed by atoms with E-state index < -0.39 is 0 Å². The molecule has 1 rings (SSSR count). The summed E-state index contributed by atoms with van der Waals surface area (Å²) in [5.41, 5.74) is 8.46. The minimum Gasteiger partial charge on any atom is -0.290 e. The Morgan fingerprint density at radius 2 is 2.27 bits per heavy atom. The molecular weight excluding hydrogens is 190 g/mol. The van der Waals surface area contributed by atoms with Gasteiger partial charge in [0.1, 0.15) is 0 Å². The van der Waals surface area contributed by atoms with Crippen molar-refractivity contribution in [1.29, 1.82) is 0 Å². The van der Waals surface area contributed by atoms with Gasteiger partial charge >= 0.3 is 0 Å². The summed E-state index contributed by atoms with van der Waals surface area (Å²) in [6.45, 7) is 5.17. The molecule has 0 amide bonds. The van der Waals surface area contributed by atoms with Crippen molar-refractivity contribution in [2.45, 2.75) is 32.6 Å². The van der Waals surface area contributed by atoms with Crippen molar-refractivity contribution in [2.24, 2.45) is 5.11 Å². The fourth-order valence-corrected chi connectivity index (χ4v) is 1.83. The van der Waals surface area contributed by atoms with Crippen LogP contribution in [0.25, 0.3) is 10.4 Å². The molecule has 0 aromatic heterocycles. The van der Waals surface area contributed by atoms with Crippen LogP contribution in [0.3, 0.4) is 0 Å². The van der Waals surface area contributed by atoms with Gasteiger partial charge in [0, 0.05) is 10.0 Å². The first-order valence-corrected chi connectivity index (χ1v) is 5.67. The molecular formula is C10H20N5+. The molecule has 0 N–H and O–H groups in total. The first-order chi connectivity index (χ1) is 7.29. The van der Waals surface area contributed by atoms with E-state index in [0.717, 1.165) is 25.6 Å². The van der Waals surface area contributed by atoms with Crippen molar-refractivity contribution in [3.63, 3.8) is 0 Å². The standard InChI is InChI=1S/C10H20N5/c1-3-4-5-6-7-15-9-8-14(2)10(15)12-13-11/h3-9H2,1-2H3/q+1. The minimum absolute atomic E-state index is 0.786. The molecule has 0 aromatic carbocycles. The fourth-order valence-electron chi connectivity index (χ4n) is 1.83. The van der Waals surface area contributed by atoms with Gasteiger partial charge in [0.25, 0.3) is 5.96 Å². The van der Waals surface area contributed by atoms with Crippen LogP contribution < -0.4 is 0 Å². The Morgan fingerprint density at radius 1 is 1.47 bits per heavy atom. The maximum absolute atomic E-state index is 8.46. The predicted octanol–water partition coefficient (Wildman–Crippen LogP) is 2.19. The van der Waals surface area contributed by atoms with Crippen molar-refractivity contribution < 1.29 is 4.58 Å². The van der Waals surface area contributed by atoms with E-state index >= 15 is 0 Å². The van der Waals surface area contributed by atoms with Crippen LogP contribution in [0.2, 0.25) is 0 Å². The number of guanidine groups is 1. The highest BCUT2D eigenvalue weighted by Gasteiger charge is 2.23. The molecule has 0 aromatic rings. The Morgan fingerprint density at radius 3 is 2.93 bits per heavy atom. The third kappa shape index (κ3) is 3.44. The number of unbranched alkanes of at least 4 members (excludes halogenated alkanes) is 3. The Balaban J connectivity index is 2.39. The molecule has 1 aliphatic heterocycles. The zero-order valence-corrected chi connectivity index (χ0v) is 9.69. The number of hydrogen-bond acceptors (Lipinski definition) is 2. The van der Waals surface area contributed by atoms with Gasteiger partial charge in [-0.1, -0.05) is 26.2 Å². The van der Waals surface area contributed by atoms with E-state index in [1.807, 2.05) is 11.6 Å². The number of hydrogen-bond donors (Lipinski definition) is 0. The summed E-state index contributed by atoms with van der Waals surface area (Å²) < 4.78 is 2.01. The van der Waals surface area contributed by atoms with Gasteiger partial charge in [-0.2, -0.15) is 0 Å². The zero-order chi connectivity index (χ0) is 11.1. The monoisotopic (exact) mass is 210 g/mol. The fraction of sp³-hybridized carbons (Fsp3) is 0.900. The van der Waals surface area contributed by atoms with Crippen LogP contribution in [0.15, 0.2) is 5.11 Å². The molecule has 84 valence electrons. The molecule has 0 bridgehead atoms. The van der Waals surface area contributed by atoms with Gasteiger partial charge in [-0.3, -0.25) is 9.48 Å². The highest BCUT2D eigenvalue weighted by Crippen LogP contribution is 2.06. The average molecular weight is 210 g/mol. The van der Waals surface area contributed by atoms with E-state index in [1.165, 1.54) is 25.7 Å². The maximum atomic E-state index is 8.46. The molecule has 1 aliphatic rings. The molecule has 5 heteroatoms. The van der Waals surface area contributed by atoms with Crippen molar-refractivity contribution >= 4 is 5.96 Å². The molecule has 0 saturated carbocycles. The molecule has 15 heavy (non-hydrogen) atoms. The summed E-state index contributed by atoms with van der Waals surface area (Å²) in [7, 11) is 1.97. The number of azide groups is 1. The molecule has 0 unspecified atom stereocenters. The second-order valence-electron chi connectivity index (χ2n) is 3.96. The summed E-state index contributed by atoms with van der Waals surface area (Å²) in [5, 5.41) is 3.73. The van der Waals surface area contributed by atoms with Gasteiger partial charge in [0.05, 0.1) is 26.7 Å². The first kappa shape index (κ1) is 11.9. The average Bonchev–Trinajstić information content (AvgIpc) is 2.57. The summed E-state index contributed by atoms with van der Waals surface area (Å²) >= 11 is 0. The molecule has 0 atom stereocenters. The van der Waals surface area contributed by atoms with Crippen LogP contribution in [0, 0.1) is 0 Å². The lowest BCUT2D eigenvalue weighted by molar-refractivity contribution is -0.487. The largest absolute Gasteiger partial charge is 0.290 e. The molecule has 0 saturated heterocycles. The molecule has 0 spiro atoms. The highest BCUT2D eigenvalue weighted by atomic mass is 15.4. The van der Waals surface area contributed by atoms with Gasteiger partial charge in [0.15, 0.2) is 0 Å². The summed E-state index contributed by atoms with van der Waals surface area (Å²) in [6.07, 6.45) is 5.00. The van der Waals surface area contributed by atoms with Crippen LogP contribution in [0.4, 0.5) is 0 Å². The third-order valence-corrected chi connectivity index (χ3v) is 2.75. The topological polar surface area (TPSA) is 55.0 Å². The Hall–Kier alpha value is -1.22. The summed E-state index contributed by atoms with van der Waals surface area (Å²) in [5.74, 6) is 0.786. The van der Waals surface area contributed by atoms with Crippen LogP contribution >= 0.6 is 0 Å². The van der Waals surface area contributed by atoms with Crippen molar-refractivity contribution in [2.75, 3.05) is 26.7 Å². The van der Waals surface area contributed by atoms with Gasteiger partial charge in [-0.25, -0.2) is 0 Å². The summed E-state index contributed by atoms with van der Waals surface area (Å²) in [6, 6.07) is 0. The molecule has 5 nitrogen and oxygen atoms in total. The van der Waals surface area contributed by atoms with Crippen molar-refractivity contribution in [3.8, 4) is 0 Å². The highest BCUT2D eigenvalue weighted by molar-refractivity contribution is 5.76. The molecule has 0 radical (unpaired) electrons. The maximum Gasteiger partial charge on any atom is 0.282 e. The van der Waals surface area contributed by atoms with Crippen LogP contribution in [0.5, 0.6) is 0 Å². The summed E-state index contributed by atoms with van der Waals surface area (Å²) in [4.78, 5) is 5.04. The number of likely N-dealkylation sites (N-methyl/N-ethyl adjacent to an activating group) is 1. The zero-order valence-electron chi connectivity index (χ0n) is 9.69. The molecule has 1 heterocycles. The van der Waals surface area contributed by atoms with Crippen LogP contribution in [-0.2, 0) is 0 Å². The van der Waals surface area contributed by atoms with E-state index in [4.69, 9.17) is 5.53 Å². The Kier molecular flexibility index (Phi) is 4.98. The van der Waals surface area contributed by atoms with Gasteiger partial charge in [-0.15, -0.1) is 0 Å². The predicted molar refractivity (Wildman–Crippen MR) is 60.9 cm³/mol. The lowest BCUT2D eigenvalue weighted by Crippen LogP contribution is -2.28.